The number of sulfone groups is 1. The van der Waals surface area contributed by atoms with Crippen LogP contribution in [0.5, 0.6) is 0 Å². The molecule has 1 aromatic carbocycles. The molecule has 0 aliphatic heterocycles. The third-order valence-corrected chi connectivity index (χ3v) is 11.7. The normalized spacial score (nSPS) is 14.1. The molecule has 47 heavy (non-hydrogen) atoms. The summed E-state index contributed by atoms with van der Waals surface area (Å²) in [6, 6.07) is 1.83. The van der Waals surface area contributed by atoms with Crippen molar-refractivity contribution < 1.29 is 46.9 Å². The molecule has 2 amide bonds. The highest BCUT2D eigenvalue weighted by Gasteiger charge is 2.41. The Bertz CT molecular complexity index is 1300. The number of hydrogen-bond donors (Lipinski definition) is 4. The van der Waals surface area contributed by atoms with E-state index in [-0.39, 0.29) is 55.3 Å². The van der Waals surface area contributed by atoms with Crippen molar-refractivity contribution in [2.75, 3.05) is 67.8 Å². The molecule has 15 nitrogen and oxygen atoms in total. The molecule has 1 aromatic rings. The Morgan fingerprint density at radius 1 is 0.830 bits per heavy atom. The third kappa shape index (κ3) is 13.7. The van der Waals surface area contributed by atoms with Gasteiger partial charge in [0.1, 0.15) is 6.04 Å². The van der Waals surface area contributed by atoms with Crippen LogP contribution in [0, 0.1) is 0 Å². The van der Waals surface area contributed by atoms with Gasteiger partial charge < -0.3 is 26.2 Å². The number of alkyl halides is 4. The average molecular weight is 787 g/mol. The Kier molecular flexibility index (Phi) is 19.9. The Balaban J connectivity index is 3.28. The van der Waals surface area contributed by atoms with Gasteiger partial charge in [0.25, 0.3) is 0 Å². The average Bonchev–Trinajstić information content (AvgIpc) is 3.01. The van der Waals surface area contributed by atoms with Crippen LogP contribution in [-0.4, -0.2) is 137 Å². The summed E-state index contributed by atoms with van der Waals surface area (Å²) < 4.78 is 48.8. The van der Waals surface area contributed by atoms with Gasteiger partial charge in [-0.1, -0.05) is 30.3 Å². The smallest absolute Gasteiger partial charge is 0.346 e. The topological polar surface area (TPSA) is 231 Å². The quantitative estimate of drug-likeness (QED) is 0.0865. The Morgan fingerprint density at radius 3 is 1.74 bits per heavy atom. The number of carboxylic acids is 2. The minimum Gasteiger partial charge on any atom is -0.480 e. The van der Waals surface area contributed by atoms with Crippen LogP contribution in [-0.2, 0) is 38.1 Å². The number of carbonyl (C=O) groups excluding carboxylic acids is 2. The second-order valence-corrected chi connectivity index (χ2v) is 16.1. The first-order valence-corrected chi connectivity index (χ1v) is 19.7. The van der Waals surface area contributed by atoms with Crippen molar-refractivity contribution in [3.8, 4) is 0 Å². The van der Waals surface area contributed by atoms with Crippen molar-refractivity contribution in [2.45, 2.75) is 31.0 Å². The maximum absolute atomic E-state index is 14.2. The van der Waals surface area contributed by atoms with Crippen LogP contribution in [0.1, 0.15) is 24.4 Å². The fraction of sp³-hybridized carbons (Fsp3) is 0.615. The van der Waals surface area contributed by atoms with Gasteiger partial charge in [-0.15, -0.1) is 46.4 Å². The van der Waals surface area contributed by atoms with Crippen LogP contribution < -0.4 is 11.5 Å². The summed E-state index contributed by atoms with van der Waals surface area (Å²) in [7, 11) is -8.23. The van der Waals surface area contributed by atoms with Crippen molar-refractivity contribution in [3.63, 3.8) is 0 Å². The largest absolute Gasteiger partial charge is 0.480 e. The van der Waals surface area contributed by atoms with Crippen LogP contribution >= 0.6 is 54.1 Å². The Hall–Kier alpha value is -1.56. The van der Waals surface area contributed by atoms with E-state index in [1.54, 1.807) is 6.07 Å². The number of hydrogen-bond acceptors (Lipinski definition) is 10. The van der Waals surface area contributed by atoms with E-state index in [0.717, 1.165) is 0 Å². The maximum Gasteiger partial charge on any atom is 0.346 e. The molecule has 0 heterocycles. The number of nitrogens with two attached hydrogens (primary N) is 2. The molecule has 0 radical (unpaired) electrons. The van der Waals surface area contributed by atoms with Crippen LogP contribution in [0.3, 0.4) is 0 Å². The molecule has 0 fully saturated rings. The zero-order valence-corrected chi connectivity index (χ0v) is 30.1. The van der Waals surface area contributed by atoms with E-state index >= 15 is 0 Å². The van der Waals surface area contributed by atoms with Crippen LogP contribution in [0.15, 0.2) is 30.3 Å². The van der Waals surface area contributed by atoms with Gasteiger partial charge in [-0.05, 0) is 12.0 Å². The molecule has 1 rings (SSSR count). The van der Waals surface area contributed by atoms with Gasteiger partial charge in [0, 0.05) is 56.1 Å². The van der Waals surface area contributed by atoms with Gasteiger partial charge in [-0.2, -0.15) is 0 Å². The number of halogens is 4. The van der Waals surface area contributed by atoms with Crippen LogP contribution in [0.4, 0.5) is 0 Å². The lowest BCUT2D eigenvalue weighted by molar-refractivity contribution is -0.159. The molecule has 0 saturated carbocycles. The van der Waals surface area contributed by atoms with Crippen LogP contribution in [0.2, 0.25) is 0 Å². The molecular weight excluding hydrogens is 747 g/mol. The number of carbonyl (C=O) groups is 4. The van der Waals surface area contributed by atoms with Crippen molar-refractivity contribution in [1.29, 1.82) is 0 Å². The fourth-order valence-electron chi connectivity index (χ4n) is 4.31. The zero-order chi connectivity index (χ0) is 35.8. The zero-order valence-electron chi connectivity index (χ0n) is 25.3. The summed E-state index contributed by atoms with van der Waals surface area (Å²) in [5.41, 5.74) is 11.4. The van der Waals surface area contributed by atoms with Gasteiger partial charge in [0.05, 0.1) is 24.2 Å². The highest BCUT2D eigenvalue weighted by Crippen LogP contribution is 2.54. The Labute approximate surface area is 293 Å². The maximum atomic E-state index is 14.2. The van der Waals surface area contributed by atoms with E-state index in [9.17, 15) is 37.3 Å². The van der Waals surface area contributed by atoms with E-state index in [2.05, 4.69) is 0 Å². The van der Waals surface area contributed by atoms with E-state index in [0.29, 0.717) is 4.90 Å². The molecule has 0 bridgehead atoms. The van der Waals surface area contributed by atoms with Crippen molar-refractivity contribution in [2.24, 2.45) is 11.5 Å². The van der Waals surface area contributed by atoms with E-state index in [1.165, 1.54) is 33.6 Å². The van der Waals surface area contributed by atoms with Gasteiger partial charge in [0.2, 0.25) is 11.8 Å². The highest BCUT2D eigenvalue weighted by atomic mass is 35.5. The number of amides is 2. The minimum absolute atomic E-state index is 0.000310. The molecular formula is C26H40Cl4N5O10PS. The molecule has 0 spiro atoms. The highest BCUT2D eigenvalue weighted by molar-refractivity contribution is 7.91. The molecule has 0 unspecified atom stereocenters. The first-order valence-electron chi connectivity index (χ1n) is 14.2. The van der Waals surface area contributed by atoms with Crippen molar-refractivity contribution >= 4 is 87.7 Å². The summed E-state index contributed by atoms with van der Waals surface area (Å²) >= 11 is 23.6. The molecule has 0 aliphatic carbocycles. The van der Waals surface area contributed by atoms with E-state index in [1.807, 2.05) is 0 Å². The van der Waals surface area contributed by atoms with Crippen molar-refractivity contribution in [3.05, 3.63) is 35.9 Å². The Morgan fingerprint density at radius 2 is 1.32 bits per heavy atom. The number of imide groups is 1. The number of carboxylic acid groups (broad SMARTS) is 2. The molecule has 3 atom stereocenters. The lowest BCUT2D eigenvalue weighted by atomic mass is 10.0. The molecule has 0 aromatic heterocycles. The van der Waals surface area contributed by atoms with Gasteiger partial charge in [-0.25, -0.2) is 22.6 Å². The third-order valence-electron chi connectivity index (χ3n) is 6.59. The summed E-state index contributed by atoms with van der Waals surface area (Å²) in [4.78, 5) is 50.5. The summed E-state index contributed by atoms with van der Waals surface area (Å²) in [5.74, 6) is -7.14. The monoisotopic (exact) mass is 785 g/mol. The summed E-state index contributed by atoms with van der Waals surface area (Å²) in [5, 5.41) is 19.1. The second kappa shape index (κ2) is 21.5. The molecule has 0 aliphatic rings. The fourth-order valence-corrected chi connectivity index (χ4v) is 9.34. The van der Waals surface area contributed by atoms with Gasteiger partial charge >= 0.3 is 19.6 Å². The molecule has 0 saturated heterocycles. The number of nitrogens with zero attached hydrogens (tertiary/aromatic N) is 3. The molecule has 21 heteroatoms. The summed E-state index contributed by atoms with van der Waals surface area (Å²) in [6.45, 7) is -0.323. The van der Waals surface area contributed by atoms with Gasteiger partial charge in [-0.3, -0.25) is 23.8 Å². The van der Waals surface area contributed by atoms with Crippen molar-refractivity contribution in [1.82, 2.24) is 14.2 Å². The minimum atomic E-state index is -4.27. The lowest BCUT2D eigenvalue weighted by Gasteiger charge is -2.37. The predicted molar refractivity (Wildman–Crippen MR) is 180 cm³/mol. The number of benzene rings is 1. The standard InChI is InChI=1S/C26H40Cl4N5O10PS/c27-8-12-33(13-9-28)46(42,34(14-10-29)15-11-30)45-16-17-47(43,44)18-21(32)24(37)35(22(36)7-6-20(31)25(38)39)23(26(40)41)19-4-2-1-3-5-19/h1-5,20-21,23H,6-18,31-32H2,(H,38,39)(H,40,41)/t20-,21-,23+/m0/s1. The number of rotatable bonds is 24. The van der Waals surface area contributed by atoms with Crippen LogP contribution in [0.25, 0.3) is 0 Å². The van der Waals surface area contributed by atoms with Gasteiger partial charge in [0.15, 0.2) is 15.9 Å². The lowest BCUT2D eigenvalue weighted by Crippen LogP contribution is -2.53. The molecule has 268 valence electrons. The van der Waals surface area contributed by atoms with E-state index in [4.69, 9.17) is 67.5 Å². The number of aliphatic carboxylic acids is 2. The SMILES string of the molecule is N[C@@H](CCC(=O)N(C(=O)[C@@H](N)CS(=O)(=O)CCOP(=O)(N(CCCl)CCCl)N(CCCl)CCCl)[C@@H](C(=O)O)c1ccccc1)C(=O)O. The first-order chi connectivity index (χ1) is 22.1. The predicted octanol–water partition coefficient (Wildman–Crippen LogP) is 1.79. The second-order valence-electron chi connectivity index (χ2n) is 9.94. The first kappa shape index (κ1) is 43.5. The molecule has 6 N–H and O–H groups in total. The summed E-state index contributed by atoms with van der Waals surface area (Å²) in [6.07, 6.45) is -1.10. The van der Waals surface area contributed by atoms with E-state index < -0.39 is 90.3 Å².